The molecule has 0 aliphatic rings. The van der Waals surface area contributed by atoms with Crippen molar-refractivity contribution in [2.45, 2.75) is 25.7 Å². The first-order chi connectivity index (χ1) is 11.7. The SMILES string of the molecule is CCN(c1cc([N+](=O)[O-])ccc1C)S(=O)(=O)c1ccc(OC)c(C)c1. The van der Waals surface area contributed by atoms with E-state index in [4.69, 9.17) is 4.74 Å². The van der Waals surface area contributed by atoms with Gasteiger partial charge in [-0.1, -0.05) is 6.07 Å². The second-order valence-electron chi connectivity index (χ2n) is 5.53. The Hall–Kier alpha value is -2.61. The molecule has 2 rings (SSSR count). The summed E-state index contributed by atoms with van der Waals surface area (Å²) in [7, 11) is -2.35. The van der Waals surface area contributed by atoms with E-state index in [-0.39, 0.29) is 17.1 Å². The Morgan fingerprint density at radius 1 is 1.12 bits per heavy atom. The van der Waals surface area contributed by atoms with Crippen LogP contribution in [0, 0.1) is 24.0 Å². The molecule has 8 heteroatoms. The van der Waals surface area contributed by atoms with Gasteiger partial charge < -0.3 is 4.74 Å². The van der Waals surface area contributed by atoms with Gasteiger partial charge in [-0.05, 0) is 50.1 Å². The van der Waals surface area contributed by atoms with Crippen LogP contribution in [0.25, 0.3) is 0 Å². The Balaban J connectivity index is 2.58. The van der Waals surface area contributed by atoms with Crippen LogP contribution < -0.4 is 9.04 Å². The van der Waals surface area contributed by atoms with Gasteiger partial charge in [-0.3, -0.25) is 14.4 Å². The molecule has 2 aromatic carbocycles. The van der Waals surface area contributed by atoms with Gasteiger partial charge in [0.15, 0.2) is 0 Å². The van der Waals surface area contributed by atoms with E-state index in [0.717, 1.165) is 0 Å². The quantitative estimate of drug-likeness (QED) is 0.578. The summed E-state index contributed by atoms with van der Waals surface area (Å²) in [5.41, 5.74) is 1.47. The summed E-state index contributed by atoms with van der Waals surface area (Å²) in [6.07, 6.45) is 0. The molecule has 25 heavy (non-hydrogen) atoms. The van der Waals surface area contributed by atoms with Crippen molar-refractivity contribution < 1.29 is 18.1 Å². The number of sulfonamides is 1. The molecule has 0 saturated heterocycles. The maximum Gasteiger partial charge on any atom is 0.271 e. The number of methoxy groups -OCH3 is 1. The van der Waals surface area contributed by atoms with Crippen LogP contribution in [0.3, 0.4) is 0 Å². The van der Waals surface area contributed by atoms with Crippen molar-refractivity contribution in [3.8, 4) is 5.75 Å². The molecule has 0 aromatic heterocycles. The number of ether oxygens (including phenoxy) is 1. The van der Waals surface area contributed by atoms with Gasteiger partial charge >= 0.3 is 0 Å². The fraction of sp³-hybridized carbons (Fsp3) is 0.294. The molecule has 134 valence electrons. The van der Waals surface area contributed by atoms with Gasteiger partial charge in [-0.2, -0.15) is 0 Å². The fourth-order valence-electron chi connectivity index (χ4n) is 2.59. The van der Waals surface area contributed by atoms with Crippen LogP contribution in [0.15, 0.2) is 41.3 Å². The molecular weight excluding hydrogens is 344 g/mol. The third-order valence-corrected chi connectivity index (χ3v) is 5.80. The van der Waals surface area contributed by atoms with Crippen molar-refractivity contribution in [1.82, 2.24) is 0 Å². The van der Waals surface area contributed by atoms with Crippen LogP contribution in [-0.4, -0.2) is 27.0 Å². The smallest absolute Gasteiger partial charge is 0.271 e. The number of aryl methyl sites for hydroxylation is 2. The minimum absolute atomic E-state index is 0.110. The van der Waals surface area contributed by atoms with E-state index in [0.29, 0.717) is 22.6 Å². The van der Waals surface area contributed by atoms with Gasteiger partial charge in [0.05, 0.1) is 22.6 Å². The number of benzene rings is 2. The summed E-state index contributed by atoms with van der Waals surface area (Å²) in [6.45, 7) is 5.31. The van der Waals surface area contributed by atoms with Gasteiger partial charge in [0.2, 0.25) is 0 Å². The lowest BCUT2D eigenvalue weighted by molar-refractivity contribution is -0.384. The molecule has 0 spiro atoms. The molecule has 0 saturated carbocycles. The number of hydrogen-bond donors (Lipinski definition) is 0. The van der Waals surface area contributed by atoms with Crippen LogP contribution >= 0.6 is 0 Å². The highest BCUT2D eigenvalue weighted by atomic mass is 32.2. The highest BCUT2D eigenvalue weighted by Gasteiger charge is 2.26. The molecule has 0 atom stereocenters. The number of anilines is 1. The maximum absolute atomic E-state index is 13.1. The molecule has 0 N–H and O–H groups in total. The van der Waals surface area contributed by atoms with Crippen molar-refractivity contribution in [3.63, 3.8) is 0 Å². The highest BCUT2D eigenvalue weighted by molar-refractivity contribution is 7.92. The molecule has 0 heterocycles. The molecule has 0 amide bonds. The lowest BCUT2D eigenvalue weighted by Crippen LogP contribution is -2.31. The normalized spacial score (nSPS) is 11.2. The Bertz CT molecular complexity index is 909. The molecule has 0 aliphatic carbocycles. The van der Waals surface area contributed by atoms with Crippen molar-refractivity contribution in [2.24, 2.45) is 0 Å². The number of nitro groups is 1. The van der Waals surface area contributed by atoms with E-state index in [1.807, 2.05) is 0 Å². The maximum atomic E-state index is 13.1. The van der Waals surface area contributed by atoms with E-state index in [1.54, 1.807) is 32.9 Å². The number of rotatable bonds is 6. The lowest BCUT2D eigenvalue weighted by atomic mass is 10.2. The zero-order valence-corrected chi connectivity index (χ0v) is 15.3. The molecule has 7 nitrogen and oxygen atoms in total. The Morgan fingerprint density at radius 2 is 1.80 bits per heavy atom. The van der Waals surface area contributed by atoms with E-state index < -0.39 is 14.9 Å². The summed E-state index contributed by atoms with van der Waals surface area (Å²) in [5, 5.41) is 11.0. The molecular formula is C17H20N2O5S. The van der Waals surface area contributed by atoms with E-state index in [2.05, 4.69) is 0 Å². The predicted octanol–water partition coefficient (Wildman–Crippen LogP) is 3.44. The van der Waals surface area contributed by atoms with Gasteiger partial charge in [0, 0.05) is 18.7 Å². The minimum atomic E-state index is -3.86. The first-order valence-electron chi connectivity index (χ1n) is 7.64. The number of hydrogen-bond acceptors (Lipinski definition) is 5. The number of nitro benzene ring substituents is 1. The van der Waals surface area contributed by atoms with Gasteiger partial charge in [-0.25, -0.2) is 8.42 Å². The zero-order valence-electron chi connectivity index (χ0n) is 14.5. The predicted molar refractivity (Wildman–Crippen MR) is 95.8 cm³/mol. The average Bonchev–Trinajstić information content (AvgIpc) is 2.56. The third-order valence-electron chi connectivity index (χ3n) is 3.91. The van der Waals surface area contributed by atoms with E-state index >= 15 is 0 Å². The first-order valence-corrected chi connectivity index (χ1v) is 9.08. The summed E-state index contributed by atoms with van der Waals surface area (Å²) < 4.78 is 32.5. The Morgan fingerprint density at radius 3 is 2.32 bits per heavy atom. The van der Waals surface area contributed by atoms with Crippen LogP contribution in [0.5, 0.6) is 5.75 Å². The van der Waals surface area contributed by atoms with Crippen LogP contribution in [0.4, 0.5) is 11.4 Å². The van der Waals surface area contributed by atoms with E-state index in [1.165, 1.54) is 35.7 Å². The molecule has 2 aromatic rings. The summed E-state index contributed by atoms with van der Waals surface area (Å²) in [5.74, 6) is 0.591. The molecule has 0 unspecified atom stereocenters. The molecule has 0 bridgehead atoms. The molecule has 0 fully saturated rings. The highest BCUT2D eigenvalue weighted by Crippen LogP contribution is 2.31. The second kappa shape index (κ2) is 7.10. The summed E-state index contributed by atoms with van der Waals surface area (Å²) in [4.78, 5) is 10.6. The number of nitrogens with zero attached hydrogens (tertiary/aromatic N) is 2. The molecule has 0 aliphatic heterocycles. The van der Waals surface area contributed by atoms with Gasteiger partial charge in [-0.15, -0.1) is 0 Å². The van der Waals surface area contributed by atoms with Crippen molar-refractivity contribution in [1.29, 1.82) is 0 Å². The monoisotopic (exact) mass is 364 g/mol. The Labute approximate surface area is 147 Å². The van der Waals surface area contributed by atoms with Crippen LogP contribution in [0.2, 0.25) is 0 Å². The summed E-state index contributed by atoms with van der Waals surface area (Å²) in [6, 6.07) is 8.78. The first kappa shape index (κ1) is 18.7. The fourth-order valence-corrected chi connectivity index (χ4v) is 4.20. The lowest BCUT2D eigenvalue weighted by Gasteiger charge is -2.24. The number of non-ortho nitro benzene ring substituents is 1. The Kier molecular flexibility index (Phi) is 5.32. The standard InChI is InChI=1S/C17H20N2O5S/c1-5-18(16-11-14(19(20)21)7-6-12(16)2)25(22,23)15-8-9-17(24-4)13(3)10-15/h6-11H,5H2,1-4H3. The second-order valence-corrected chi connectivity index (χ2v) is 7.39. The van der Waals surface area contributed by atoms with Gasteiger partial charge in [0.1, 0.15) is 5.75 Å². The van der Waals surface area contributed by atoms with Crippen molar-refractivity contribution in [3.05, 3.63) is 57.6 Å². The largest absolute Gasteiger partial charge is 0.496 e. The van der Waals surface area contributed by atoms with Crippen molar-refractivity contribution in [2.75, 3.05) is 18.0 Å². The summed E-state index contributed by atoms with van der Waals surface area (Å²) >= 11 is 0. The van der Waals surface area contributed by atoms with Crippen LogP contribution in [-0.2, 0) is 10.0 Å². The van der Waals surface area contributed by atoms with Crippen LogP contribution in [0.1, 0.15) is 18.1 Å². The van der Waals surface area contributed by atoms with E-state index in [9.17, 15) is 18.5 Å². The molecule has 0 radical (unpaired) electrons. The topological polar surface area (TPSA) is 89.8 Å². The van der Waals surface area contributed by atoms with Gasteiger partial charge in [0.25, 0.3) is 15.7 Å². The zero-order chi connectivity index (χ0) is 18.8. The average molecular weight is 364 g/mol. The van der Waals surface area contributed by atoms with Crippen molar-refractivity contribution >= 4 is 21.4 Å². The third kappa shape index (κ3) is 3.58. The minimum Gasteiger partial charge on any atom is -0.496 e.